The van der Waals surface area contributed by atoms with Gasteiger partial charge in [-0.15, -0.1) is 0 Å². The van der Waals surface area contributed by atoms with E-state index in [9.17, 15) is 10.1 Å². The van der Waals surface area contributed by atoms with Crippen molar-refractivity contribution in [3.05, 3.63) is 0 Å². The first-order valence-electron chi connectivity index (χ1n) is 6.19. The van der Waals surface area contributed by atoms with Crippen molar-refractivity contribution in [2.75, 3.05) is 44.2 Å². The molecule has 0 saturated carbocycles. The van der Waals surface area contributed by atoms with Gasteiger partial charge in [-0.3, -0.25) is 4.79 Å². The second-order valence-corrected chi connectivity index (χ2v) is 5.47. The summed E-state index contributed by atoms with van der Waals surface area (Å²) in [6.07, 6.45) is 3.81. The van der Waals surface area contributed by atoms with Crippen molar-refractivity contribution in [1.29, 1.82) is 5.26 Å². The number of carbonyl (C=O) groups is 1. The minimum atomic E-state index is -0.683. The largest absolute Gasteiger partial charge is 0.347 e. The van der Waals surface area contributed by atoms with Crippen molar-refractivity contribution in [1.82, 2.24) is 19.9 Å². The van der Waals surface area contributed by atoms with Crippen LogP contribution in [0.5, 0.6) is 0 Å². The first kappa shape index (κ1) is 17.0. The molecule has 0 radical (unpaired) electrons. The topological polar surface area (TPSA) is 89.2 Å². The number of nitrogens with zero attached hydrogens (tertiary/aromatic N) is 7. The smallest absolute Gasteiger partial charge is 0.245 e. The van der Waals surface area contributed by atoms with E-state index in [-0.39, 0.29) is 11.9 Å². The quantitative estimate of drug-likeness (QED) is 0.439. The third kappa shape index (κ3) is 3.95. The fourth-order valence-electron chi connectivity index (χ4n) is 1.52. The van der Waals surface area contributed by atoms with Crippen LogP contribution < -0.4 is 9.80 Å². The van der Waals surface area contributed by atoms with E-state index in [0.717, 1.165) is 0 Å². The first-order chi connectivity index (χ1) is 9.81. The maximum Gasteiger partial charge on any atom is 0.245 e. The molecule has 0 unspecified atom stereocenters. The number of hydrogen-bond donors (Lipinski definition) is 0. The van der Waals surface area contributed by atoms with Gasteiger partial charge >= 0.3 is 0 Å². The van der Waals surface area contributed by atoms with E-state index in [0.29, 0.717) is 11.1 Å². The summed E-state index contributed by atoms with van der Waals surface area (Å²) in [6, 6.07) is -0.683. The molecule has 21 heavy (non-hydrogen) atoms. The number of likely N-dealkylation sites (N-methyl/N-ethyl adjacent to an activating group) is 1. The van der Waals surface area contributed by atoms with E-state index < -0.39 is 6.04 Å². The molecule has 0 aliphatic heterocycles. The molecule has 1 rings (SSSR count). The molecule has 1 amide bonds. The lowest BCUT2D eigenvalue weighted by Crippen LogP contribution is -2.43. The number of rotatable bonds is 5. The van der Waals surface area contributed by atoms with E-state index in [1.165, 1.54) is 21.6 Å². The Morgan fingerprint density at radius 2 is 1.76 bits per heavy atom. The summed E-state index contributed by atoms with van der Waals surface area (Å²) in [7, 11) is 6.88. The summed E-state index contributed by atoms with van der Waals surface area (Å²) in [5.74, 6) is 0.409. The molecule has 9 heteroatoms. The zero-order valence-electron chi connectivity index (χ0n) is 13.0. The molecule has 0 aliphatic carbocycles. The van der Waals surface area contributed by atoms with Gasteiger partial charge in [-0.1, -0.05) is 11.8 Å². The maximum absolute atomic E-state index is 12.0. The van der Waals surface area contributed by atoms with Gasteiger partial charge in [0, 0.05) is 28.2 Å². The van der Waals surface area contributed by atoms with Gasteiger partial charge in [-0.2, -0.15) is 20.2 Å². The van der Waals surface area contributed by atoms with Crippen LogP contribution in [-0.2, 0) is 4.79 Å². The average molecular weight is 309 g/mol. The Kier molecular flexibility index (Phi) is 5.72. The third-order valence-corrected chi connectivity index (χ3v) is 3.23. The predicted octanol–water partition coefficient (Wildman–Crippen LogP) is 0.424. The van der Waals surface area contributed by atoms with E-state index in [4.69, 9.17) is 0 Å². The molecule has 0 spiro atoms. The summed E-state index contributed by atoms with van der Waals surface area (Å²) in [5, 5.41) is 9.85. The second kappa shape index (κ2) is 7.08. The maximum atomic E-state index is 12.0. The van der Waals surface area contributed by atoms with Crippen LogP contribution in [0, 0.1) is 11.5 Å². The highest BCUT2D eigenvalue weighted by molar-refractivity contribution is 7.98. The number of aromatic nitrogens is 3. The Morgan fingerprint density at radius 1 is 1.19 bits per heavy atom. The van der Waals surface area contributed by atoms with Gasteiger partial charge < -0.3 is 9.80 Å². The molecule has 0 aliphatic rings. The first-order valence-corrected chi connectivity index (χ1v) is 7.41. The molecule has 0 saturated heterocycles. The Morgan fingerprint density at radius 3 is 2.19 bits per heavy atom. The molecule has 8 nitrogen and oxygen atoms in total. The van der Waals surface area contributed by atoms with Crippen LogP contribution >= 0.6 is 11.8 Å². The lowest BCUT2D eigenvalue weighted by molar-refractivity contribution is -0.129. The summed E-state index contributed by atoms with van der Waals surface area (Å²) in [5.41, 5.74) is 0. The molecule has 1 heterocycles. The summed E-state index contributed by atoms with van der Waals surface area (Å²) < 4.78 is 0. The van der Waals surface area contributed by atoms with Crippen LogP contribution in [0.3, 0.4) is 0 Å². The molecule has 1 aromatic rings. The summed E-state index contributed by atoms with van der Waals surface area (Å²) in [4.78, 5) is 29.1. The highest BCUT2D eigenvalue weighted by Gasteiger charge is 2.26. The van der Waals surface area contributed by atoms with Gasteiger partial charge in [0.15, 0.2) is 11.3 Å². The number of anilines is 2. The molecular formula is C12H19N7OS. The fraction of sp³-hybridized carbons (Fsp3) is 0.583. The normalized spacial score (nSPS) is 11.5. The number of amides is 1. The Hall–Kier alpha value is -2.08. The Bertz CT molecular complexity index is 555. The van der Waals surface area contributed by atoms with Gasteiger partial charge in [0.1, 0.15) is 6.04 Å². The van der Waals surface area contributed by atoms with Gasteiger partial charge in [0.2, 0.25) is 17.8 Å². The van der Waals surface area contributed by atoms with E-state index in [1.54, 1.807) is 40.0 Å². The van der Waals surface area contributed by atoms with Crippen molar-refractivity contribution in [3.8, 4) is 6.19 Å². The van der Waals surface area contributed by atoms with Gasteiger partial charge in [-0.05, 0) is 13.2 Å². The van der Waals surface area contributed by atoms with Crippen molar-refractivity contribution in [3.63, 3.8) is 0 Å². The lowest BCUT2D eigenvalue weighted by Gasteiger charge is -2.24. The minimum absolute atomic E-state index is 0.170. The van der Waals surface area contributed by atoms with Crippen molar-refractivity contribution < 1.29 is 4.79 Å². The lowest BCUT2D eigenvalue weighted by atomic mass is 10.3. The van der Waals surface area contributed by atoms with Crippen LogP contribution in [-0.4, -0.2) is 66.2 Å². The standard InChI is InChI=1S/C12H19N7OS/c1-8(9(20)17(2)3)19(7-13)11-14-10(18(4)5)15-12(16-11)21-6/h8H,1-6H3/t8-/m0/s1. The highest BCUT2D eigenvalue weighted by atomic mass is 32.2. The third-order valence-electron chi connectivity index (χ3n) is 2.68. The summed E-state index contributed by atoms with van der Waals surface area (Å²) >= 11 is 1.35. The molecular weight excluding hydrogens is 290 g/mol. The number of nitriles is 1. The number of thioether (sulfide) groups is 1. The molecule has 1 aromatic heterocycles. The van der Waals surface area contributed by atoms with Gasteiger partial charge in [0.25, 0.3) is 0 Å². The fourth-order valence-corrected chi connectivity index (χ4v) is 1.87. The van der Waals surface area contributed by atoms with E-state index in [1.807, 2.05) is 12.4 Å². The molecule has 0 N–H and O–H groups in total. The Balaban J connectivity index is 3.25. The minimum Gasteiger partial charge on any atom is -0.347 e. The average Bonchev–Trinajstić information content (AvgIpc) is 2.46. The number of carbonyl (C=O) groups excluding carboxylic acids is 1. The zero-order valence-corrected chi connectivity index (χ0v) is 13.8. The molecule has 114 valence electrons. The summed E-state index contributed by atoms with van der Waals surface area (Å²) in [6.45, 7) is 1.64. The van der Waals surface area contributed by atoms with Gasteiger partial charge in [-0.25, -0.2) is 4.90 Å². The van der Waals surface area contributed by atoms with Crippen LogP contribution in [0.4, 0.5) is 11.9 Å². The highest BCUT2D eigenvalue weighted by Crippen LogP contribution is 2.19. The van der Waals surface area contributed by atoms with Crippen LogP contribution in [0.1, 0.15) is 6.92 Å². The molecule has 0 bridgehead atoms. The van der Waals surface area contributed by atoms with Crippen molar-refractivity contribution in [2.45, 2.75) is 18.1 Å². The van der Waals surface area contributed by atoms with Crippen molar-refractivity contribution >= 4 is 29.6 Å². The van der Waals surface area contributed by atoms with Crippen molar-refractivity contribution in [2.24, 2.45) is 0 Å². The molecule has 0 aromatic carbocycles. The molecule has 1 atom stereocenters. The SMILES string of the molecule is CSc1nc(N(C)C)nc(N(C#N)[C@@H](C)C(=O)N(C)C)n1. The molecule has 0 fully saturated rings. The zero-order chi connectivity index (χ0) is 16.2. The van der Waals surface area contributed by atoms with E-state index >= 15 is 0 Å². The monoisotopic (exact) mass is 309 g/mol. The van der Waals surface area contributed by atoms with Gasteiger partial charge in [0.05, 0.1) is 0 Å². The van der Waals surface area contributed by atoms with E-state index in [2.05, 4.69) is 15.0 Å². The second-order valence-electron chi connectivity index (χ2n) is 4.70. The number of hydrogen-bond acceptors (Lipinski definition) is 8. The predicted molar refractivity (Wildman–Crippen MR) is 82.2 cm³/mol. The van der Waals surface area contributed by atoms with Crippen LogP contribution in [0.25, 0.3) is 0 Å². The van der Waals surface area contributed by atoms with Crippen LogP contribution in [0.2, 0.25) is 0 Å². The van der Waals surface area contributed by atoms with Crippen LogP contribution in [0.15, 0.2) is 5.16 Å². The Labute approximate surface area is 128 Å².